The van der Waals surface area contributed by atoms with Gasteiger partial charge in [0.2, 0.25) is 0 Å². The maximum atomic E-state index is 12.1. The third-order valence-corrected chi connectivity index (χ3v) is 4.53. The molecule has 0 spiro atoms. The molecule has 0 aliphatic heterocycles. The highest BCUT2D eigenvalue weighted by atomic mass is 16.5. The molecule has 1 saturated carbocycles. The van der Waals surface area contributed by atoms with Gasteiger partial charge < -0.3 is 20.1 Å². The number of urea groups is 1. The van der Waals surface area contributed by atoms with Gasteiger partial charge >= 0.3 is 6.03 Å². The summed E-state index contributed by atoms with van der Waals surface area (Å²) in [6.45, 7) is 0.846. The number of rotatable bonds is 6. The summed E-state index contributed by atoms with van der Waals surface area (Å²) in [6.07, 6.45) is 1.73. The number of aliphatic hydroxyl groups is 1. The number of carbonyl (C=O) groups is 1. The fraction of sp³-hybridized carbons (Fsp3) is 0.421. The van der Waals surface area contributed by atoms with Crippen LogP contribution in [0.15, 0.2) is 36.4 Å². The number of methoxy groups -OCH3 is 1. The lowest BCUT2D eigenvalue weighted by atomic mass is 10.1. The number of hydrogen-bond acceptors (Lipinski definition) is 3. The van der Waals surface area contributed by atoms with Crippen molar-refractivity contribution in [1.29, 1.82) is 0 Å². The van der Waals surface area contributed by atoms with Crippen LogP contribution in [0.4, 0.5) is 4.79 Å². The van der Waals surface area contributed by atoms with Crippen LogP contribution in [0, 0.1) is 5.92 Å². The van der Waals surface area contributed by atoms with Crippen LogP contribution >= 0.6 is 0 Å². The van der Waals surface area contributed by atoms with Crippen LogP contribution in [-0.2, 0) is 6.54 Å². The zero-order valence-corrected chi connectivity index (χ0v) is 14.2. The van der Waals surface area contributed by atoms with E-state index in [4.69, 9.17) is 4.74 Å². The monoisotopic (exact) mass is 328 g/mol. The molecule has 24 heavy (non-hydrogen) atoms. The minimum Gasteiger partial charge on any atom is -0.497 e. The van der Waals surface area contributed by atoms with Gasteiger partial charge in [-0.2, -0.15) is 0 Å². The zero-order valence-electron chi connectivity index (χ0n) is 14.2. The van der Waals surface area contributed by atoms with Crippen LogP contribution in [0.2, 0.25) is 0 Å². The maximum absolute atomic E-state index is 12.1. The molecule has 5 nitrogen and oxygen atoms in total. The lowest BCUT2D eigenvalue weighted by Gasteiger charge is -2.21. The number of nitrogens with one attached hydrogen (secondary N) is 1. The summed E-state index contributed by atoms with van der Waals surface area (Å²) in [7, 11) is 3.37. The van der Waals surface area contributed by atoms with Crippen molar-refractivity contribution in [2.45, 2.75) is 25.5 Å². The number of nitrogens with zero attached hydrogens (tertiary/aromatic N) is 1. The Morgan fingerprint density at radius 3 is 2.71 bits per heavy atom. The molecule has 2 amide bonds. The van der Waals surface area contributed by atoms with E-state index in [0.717, 1.165) is 34.9 Å². The number of fused-ring (bicyclic) bond motifs is 1. The highest BCUT2D eigenvalue weighted by Gasteiger charge is 2.31. The van der Waals surface area contributed by atoms with Crippen molar-refractivity contribution in [2.24, 2.45) is 5.92 Å². The molecule has 1 fully saturated rings. The van der Waals surface area contributed by atoms with E-state index in [-0.39, 0.29) is 6.03 Å². The average molecular weight is 328 g/mol. The lowest BCUT2D eigenvalue weighted by Crippen LogP contribution is -2.41. The molecule has 2 N–H and O–H groups in total. The second-order valence-corrected chi connectivity index (χ2v) is 6.49. The molecule has 0 saturated heterocycles. The minimum atomic E-state index is -0.406. The van der Waals surface area contributed by atoms with Gasteiger partial charge in [-0.15, -0.1) is 0 Å². The number of carbonyl (C=O) groups excluding carboxylic acids is 1. The summed E-state index contributed by atoms with van der Waals surface area (Å²) < 4.78 is 5.23. The Kier molecular flexibility index (Phi) is 4.90. The third kappa shape index (κ3) is 3.97. The highest BCUT2D eigenvalue weighted by Crippen LogP contribution is 2.32. The Hall–Kier alpha value is -2.27. The van der Waals surface area contributed by atoms with E-state index >= 15 is 0 Å². The Morgan fingerprint density at radius 2 is 2.00 bits per heavy atom. The standard InChI is InChI=1S/C19H24N2O3/c1-21(12-18(22)14-5-6-14)19(23)20-11-13-3-4-16-10-17(24-2)8-7-15(16)9-13/h3-4,7-10,14,18,22H,5-6,11-12H2,1-2H3,(H,20,23). The molecule has 1 aliphatic carbocycles. The van der Waals surface area contributed by atoms with Crippen LogP contribution in [0.3, 0.4) is 0 Å². The quantitative estimate of drug-likeness (QED) is 0.857. The molecule has 2 aromatic carbocycles. The molecular formula is C19H24N2O3. The second-order valence-electron chi connectivity index (χ2n) is 6.49. The summed E-state index contributed by atoms with van der Waals surface area (Å²) in [5.74, 6) is 1.21. The molecule has 1 aliphatic rings. The van der Waals surface area contributed by atoms with Gasteiger partial charge in [-0.25, -0.2) is 4.79 Å². The van der Waals surface area contributed by atoms with Crippen LogP contribution in [0.1, 0.15) is 18.4 Å². The van der Waals surface area contributed by atoms with Gasteiger partial charge in [-0.3, -0.25) is 0 Å². The first-order valence-corrected chi connectivity index (χ1v) is 8.30. The number of aliphatic hydroxyl groups excluding tert-OH is 1. The van der Waals surface area contributed by atoms with E-state index in [1.807, 2.05) is 30.3 Å². The molecular weight excluding hydrogens is 304 g/mol. The van der Waals surface area contributed by atoms with E-state index in [9.17, 15) is 9.90 Å². The molecule has 1 atom stereocenters. The van der Waals surface area contributed by atoms with Crippen LogP contribution < -0.4 is 10.1 Å². The zero-order chi connectivity index (χ0) is 17.1. The first kappa shape index (κ1) is 16.6. The van der Waals surface area contributed by atoms with Crippen molar-refractivity contribution in [2.75, 3.05) is 20.7 Å². The summed E-state index contributed by atoms with van der Waals surface area (Å²) >= 11 is 0. The predicted octanol–water partition coefficient (Wildman–Crippen LogP) is 2.76. The van der Waals surface area contributed by atoms with Crippen LogP contribution in [0.5, 0.6) is 5.75 Å². The number of likely N-dealkylation sites (N-methyl/N-ethyl adjacent to an activating group) is 1. The number of amides is 2. The van der Waals surface area contributed by atoms with Gasteiger partial charge in [0, 0.05) is 20.1 Å². The molecule has 0 bridgehead atoms. The smallest absolute Gasteiger partial charge is 0.317 e. The minimum absolute atomic E-state index is 0.162. The fourth-order valence-corrected chi connectivity index (χ4v) is 2.82. The van der Waals surface area contributed by atoms with Gasteiger partial charge in [0.15, 0.2) is 0 Å². The number of hydrogen-bond donors (Lipinski definition) is 2. The van der Waals surface area contributed by atoms with E-state index in [1.54, 1.807) is 19.1 Å². The molecule has 3 rings (SSSR count). The van der Waals surface area contributed by atoms with Gasteiger partial charge in [-0.05, 0) is 53.3 Å². The molecule has 5 heteroatoms. The fourth-order valence-electron chi connectivity index (χ4n) is 2.82. The van der Waals surface area contributed by atoms with Gasteiger partial charge in [0.1, 0.15) is 5.75 Å². The highest BCUT2D eigenvalue weighted by molar-refractivity contribution is 5.84. The third-order valence-electron chi connectivity index (χ3n) is 4.53. The van der Waals surface area contributed by atoms with E-state index in [2.05, 4.69) is 11.4 Å². The summed E-state index contributed by atoms with van der Waals surface area (Å²) in [6, 6.07) is 11.9. The van der Waals surface area contributed by atoms with E-state index < -0.39 is 6.10 Å². The number of ether oxygens (including phenoxy) is 1. The Balaban J connectivity index is 1.57. The van der Waals surface area contributed by atoms with Gasteiger partial charge in [0.25, 0.3) is 0 Å². The largest absolute Gasteiger partial charge is 0.497 e. The first-order valence-electron chi connectivity index (χ1n) is 8.30. The number of benzene rings is 2. The molecule has 0 radical (unpaired) electrons. The van der Waals surface area contributed by atoms with Gasteiger partial charge in [-0.1, -0.05) is 18.2 Å². The summed E-state index contributed by atoms with van der Waals surface area (Å²) in [4.78, 5) is 13.7. The van der Waals surface area contributed by atoms with Crippen molar-refractivity contribution in [3.8, 4) is 5.75 Å². The summed E-state index contributed by atoms with van der Waals surface area (Å²) in [5.41, 5.74) is 1.04. The van der Waals surface area contributed by atoms with Crippen molar-refractivity contribution in [3.05, 3.63) is 42.0 Å². The maximum Gasteiger partial charge on any atom is 0.317 e. The van der Waals surface area contributed by atoms with E-state index in [1.165, 1.54) is 0 Å². The summed E-state index contributed by atoms with van der Waals surface area (Å²) in [5, 5.41) is 15.0. The first-order chi connectivity index (χ1) is 11.6. The Bertz CT molecular complexity index is 728. The van der Waals surface area contributed by atoms with Crippen molar-refractivity contribution in [1.82, 2.24) is 10.2 Å². The van der Waals surface area contributed by atoms with Gasteiger partial charge in [0.05, 0.1) is 13.2 Å². The Morgan fingerprint density at radius 1 is 1.29 bits per heavy atom. The lowest BCUT2D eigenvalue weighted by molar-refractivity contribution is 0.113. The van der Waals surface area contributed by atoms with E-state index in [0.29, 0.717) is 19.0 Å². The predicted molar refractivity (Wildman–Crippen MR) is 94.1 cm³/mol. The molecule has 0 aromatic heterocycles. The molecule has 1 unspecified atom stereocenters. The van der Waals surface area contributed by atoms with Crippen LogP contribution in [-0.4, -0.2) is 42.8 Å². The Labute approximate surface area is 142 Å². The molecule has 128 valence electrons. The molecule has 0 heterocycles. The van der Waals surface area contributed by atoms with Crippen molar-refractivity contribution >= 4 is 16.8 Å². The SMILES string of the molecule is COc1ccc2cc(CNC(=O)N(C)CC(O)C3CC3)ccc2c1. The topological polar surface area (TPSA) is 61.8 Å². The van der Waals surface area contributed by atoms with Crippen molar-refractivity contribution < 1.29 is 14.6 Å². The molecule has 2 aromatic rings. The van der Waals surface area contributed by atoms with Crippen LogP contribution in [0.25, 0.3) is 10.8 Å². The van der Waals surface area contributed by atoms with Crippen molar-refractivity contribution in [3.63, 3.8) is 0 Å². The average Bonchev–Trinajstić information content (AvgIpc) is 3.44. The normalized spacial score (nSPS) is 15.1. The second kappa shape index (κ2) is 7.09.